The number of hydrogen-bond donors (Lipinski definition) is 2. The van der Waals surface area contributed by atoms with E-state index in [2.05, 4.69) is 48.0 Å². The Kier molecular flexibility index (Phi) is 9.32. The molecular formula is C33H39N3O4S2. The number of ether oxygens (including phenoxy) is 1. The van der Waals surface area contributed by atoms with Gasteiger partial charge >= 0.3 is 0 Å². The Morgan fingerprint density at radius 1 is 1.07 bits per heavy atom. The molecule has 0 fully saturated rings. The average molecular weight is 606 g/mol. The molecule has 0 radical (unpaired) electrons. The van der Waals surface area contributed by atoms with Crippen molar-refractivity contribution in [1.29, 1.82) is 0 Å². The maximum absolute atomic E-state index is 13.7. The number of amides is 1. The van der Waals surface area contributed by atoms with Crippen LogP contribution < -0.4 is 14.8 Å². The highest BCUT2D eigenvalue weighted by molar-refractivity contribution is 7.91. The lowest BCUT2D eigenvalue weighted by atomic mass is 9.97. The molecule has 0 aliphatic carbocycles. The van der Waals surface area contributed by atoms with Crippen LogP contribution in [0.25, 0.3) is 10.1 Å². The van der Waals surface area contributed by atoms with Crippen molar-refractivity contribution in [2.45, 2.75) is 56.5 Å². The SMILES string of the molecule is Cc1c(S(=O)(=O)NC(CC(=O)NC2CCOc3cc(CN(C)CC(C)C)ccc32)c2ccccc2)sc2ccccc12. The summed E-state index contributed by atoms with van der Waals surface area (Å²) in [6, 6.07) is 22.2. The first kappa shape index (κ1) is 30.2. The molecule has 7 nitrogen and oxygen atoms in total. The van der Waals surface area contributed by atoms with Gasteiger partial charge in [-0.1, -0.05) is 74.5 Å². The Morgan fingerprint density at radius 3 is 2.55 bits per heavy atom. The van der Waals surface area contributed by atoms with Crippen LogP contribution >= 0.6 is 11.3 Å². The van der Waals surface area contributed by atoms with Crippen LogP contribution in [0.2, 0.25) is 0 Å². The summed E-state index contributed by atoms with van der Waals surface area (Å²) in [5.74, 6) is 1.15. The summed E-state index contributed by atoms with van der Waals surface area (Å²) in [6.45, 7) is 8.57. The van der Waals surface area contributed by atoms with Gasteiger partial charge in [0, 0.05) is 36.2 Å². The molecule has 0 saturated heterocycles. The summed E-state index contributed by atoms with van der Waals surface area (Å²) in [5, 5.41) is 4.08. The highest BCUT2D eigenvalue weighted by atomic mass is 32.2. The van der Waals surface area contributed by atoms with Gasteiger partial charge in [-0.15, -0.1) is 11.3 Å². The van der Waals surface area contributed by atoms with E-state index in [9.17, 15) is 13.2 Å². The van der Waals surface area contributed by atoms with Crippen LogP contribution in [0.15, 0.2) is 77.0 Å². The molecule has 2 N–H and O–H groups in total. The van der Waals surface area contributed by atoms with Gasteiger partial charge in [0.2, 0.25) is 5.91 Å². The lowest BCUT2D eigenvalue weighted by Crippen LogP contribution is -2.36. The van der Waals surface area contributed by atoms with Crippen molar-refractivity contribution >= 4 is 37.4 Å². The molecule has 2 heterocycles. The standard InChI is InChI=1S/C33H39N3O4S2/c1-22(2)20-36(4)21-24-14-15-27-28(16-17-40-30(27)18-24)34-32(37)19-29(25-10-6-5-7-11-25)35-42(38,39)33-23(3)26-12-8-9-13-31(26)41-33/h5-15,18,22,28-29,35H,16-17,19-21H2,1-4H3,(H,34,37). The third-order valence-corrected chi connectivity index (χ3v) is 10.9. The molecule has 1 amide bonds. The molecule has 2 unspecified atom stereocenters. The van der Waals surface area contributed by atoms with Crippen LogP contribution in [0.1, 0.15) is 61.0 Å². The minimum atomic E-state index is -3.89. The predicted octanol–water partition coefficient (Wildman–Crippen LogP) is 6.35. The molecule has 9 heteroatoms. The van der Waals surface area contributed by atoms with Gasteiger partial charge in [-0.3, -0.25) is 4.79 Å². The summed E-state index contributed by atoms with van der Waals surface area (Å²) >= 11 is 1.25. The predicted molar refractivity (Wildman–Crippen MR) is 169 cm³/mol. The van der Waals surface area contributed by atoms with Crippen molar-refractivity contribution < 1.29 is 17.9 Å². The van der Waals surface area contributed by atoms with E-state index >= 15 is 0 Å². The maximum Gasteiger partial charge on any atom is 0.250 e. The molecular weight excluding hydrogens is 567 g/mol. The van der Waals surface area contributed by atoms with Crippen LogP contribution in [-0.4, -0.2) is 39.4 Å². The Bertz CT molecular complexity index is 1650. The zero-order valence-electron chi connectivity index (χ0n) is 24.6. The summed E-state index contributed by atoms with van der Waals surface area (Å²) in [6.07, 6.45) is 0.617. The normalized spacial score (nSPS) is 15.9. The van der Waals surface area contributed by atoms with Crippen molar-refractivity contribution in [2.24, 2.45) is 5.92 Å². The zero-order valence-corrected chi connectivity index (χ0v) is 26.2. The van der Waals surface area contributed by atoms with Gasteiger partial charge in [0.05, 0.1) is 18.7 Å². The molecule has 1 aliphatic rings. The summed E-state index contributed by atoms with van der Waals surface area (Å²) in [7, 11) is -1.77. The summed E-state index contributed by atoms with van der Waals surface area (Å²) in [4.78, 5) is 15.8. The van der Waals surface area contributed by atoms with E-state index in [0.717, 1.165) is 40.1 Å². The first-order valence-corrected chi connectivity index (χ1v) is 16.7. The van der Waals surface area contributed by atoms with E-state index in [-0.39, 0.29) is 22.6 Å². The zero-order chi connectivity index (χ0) is 29.9. The van der Waals surface area contributed by atoms with Crippen LogP contribution in [0.3, 0.4) is 0 Å². The molecule has 42 heavy (non-hydrogen) atoms. The number of carbonyl (C=O) groups is 1. The van der Waals surface area contributed by atoms with Crippen molar-refractivity contribution in [3.8, 4) is 5.75 Å². The topological polar surface area (TPSA) is 87.7 Å². The fourth-order valence-corrected chi connectivity index (χ4v) is 8.69. The number of sulfonamides is 1. The molecule has 5 rings (SSSR count). The van der Waals surface area contributed by atoms with Gasteiger partial charge in [-0.05, 0) is 54.1 Å². The molecule has 0 saturated carbocycles. The molecule has 2 atom stereocenters. The van der Waals surface area contributed by atoms with E-state index in [1.54, 1.807) is 0 Å². The first-order valence-electron chi connectivity index (χ1n) is 14.4. The Balaban J connectivity index is 1.32. The van der Waals surface area contributed by atoms with E-state index in [1.165, 1.54) is 16.9 Å². The van der Waals surface area contributed by atoms with Crippen LogP contribution in [0, 0.1) is 12.8 Å². The Labute approximate surface area is 253 Å². The fourth-order valence-electron chi connectivity index (χ4n) is 5.68. The van der Waals surface area contributed by atoms with Gasteiger partial charge in [0.1, 0.15) is 9.96 Å². The number of benzene rings is 3. The fraction of sp³-hybridized carbons (Fsp3) is 0.364. The van der Waals surface area contributed by atoms with Crippen molar-refractivity contribution in [3.63, 3.8) is 0 Å². The second-order valence-electron chi connectivity index (χ2n) is 11.5. The van der Waals surface area contributed by atoms with Crippen molar-refractivity contribution in [3.05, 3.63) is 95.1 Å². The van der Waals surface area contributed by atoms with Crippen LogP contribution in [0.5, 0.6) is 5.75 Å². The van der Waals surface area contributed by atoms with E-state index < -0.39 is 16.1 Å². The number of thiophene rings is 1. The number of carbonyl (C=O) groups excluding carboxylic acids is 1. The van der Waals surface area contributed by atoms with E-state index in [4.69, 9.17) is 4.74 Å². The van der Waals surface area contributed by atoms with E-state index in [0.29, 0.717) is 24.5 Å². The Morgan fingerprint density at radius 2 is 1.81 bits per heavy atom. The third kappa shape index (κ3) is 7.03. The third-order valence-electron chi connectivity index (χ3n) is 7.51. The molecule has 1 aromatic heterocycles. The van der Waals surface area contributed by atoms with Crippen LogP contribution in [0.4, 0.5) is 0 Å². The van der Waals surface area contributed by atoms with Crippen molar-refractivity contribution in [2.75, 3.05) is 20.2 Å². The van der Waals surface area contributed by atoms with E-state index in [1.807, 2.05) is 67.6 Å². The molecule has 3 aromatic carbocycles. The molecule has 0 spiro atoms. The Hall–Kier alpha value is -3.24. The number of rotatable bonds is 11. The molecule has 4 aromatic rings. The number of nitrogens with one attached hydrogen (secondary N) is 2. The van der Waals surface area contributed by atoms with Gasteiger partial charge < -0.3 is 15.0 Å². The lowest BCUT2D eigenvalue weighted by Gasteiger charge is -2.28. The minimum Gasteiger partial charge on any atom is -0.493 e. The number of aryl methyl sites for hydroxylation is 1. The summed E-state index contributed by atoms with van der Waals surface area (Å²) in [5.41, 5.74) is 3.56. The maximum atomic E-state index is 13.7. The second-order valence-corrected chi connectivity index (χ2v) is 14.5. The number of fused-ring (bicyclic) bond motifs is 2. The first-order chi connectivity index (χ1) is 20.1. The second kappa shape index (κ2) is 13.0. The quantitative estimate of drug-likeness (QED) is 0.208. The minimum absolute atomic E-state index is 0.0298. The molecule has 0 bridgehead atoms. The number of nitrogens with zero attached hydrogens (tertiary/aromatic N) is 1. The smallest absolute Gasteiger partial charge is 0.250 e. The van der Waals surface area contributed by atoms with Crippen molar-refractivity contribution in [1.82, 2.24) is 14.9 Å². The average Bonchev–Trinajstić information content (AvgIpc) is 3.30. The van der Waals surface area contributed by atoms with Gasteiger partial charge in [-0.2, -0.15) is 0 Å². The molecule has 222 valence electrons. The number of hydrogen-bond acceptors (Lipinski definition) is 6. The monoisotopic (exact) mass is 605 g/mol. The van der Waals surface area contributed by atoms with Gasteiger partial charge in [0.15, 0.2) is 0 Å². The largest absolute Gasteiger partial charge is 0.493 e. The summed E-state index contributed by atoms with van der Waals surface area (Å²) < 4.78 is 37.3. The van der Waals surface area contributed by atoms with Gasteiger partial charge in [-0.25, -0.2) is 13.1 Å². The molecule has 1 aliphatic heterocycles. The van der Waals surface area contributed by atoms with Crippen LogP contribution in [-0.2, 0) is 21.4 Å². The lowest BCUT2D eigenvalue weighted by molar-refractivity contribution is -0.122. The van der Waals surface area contributed by atoms with Gasteiger partial charge in [0.25, 0.3) is 10.0 Å². The highest BCUT2D eigenvalue weighted by Crippen LogP contribution is 2.36. The highest BCUT2D eigenvalue weighted by Gasteiger charge is 2.29.